The zero-order chi connectivity index (χ0) is 18.0. The molecular weight excluding hydrogens is 318 g/mol. The van der Waals surface area contributed by atoms with Crippen LogP contribution in [0.3, 0.4) is 0 Å². The molecule has 1 aliphatic rings. The lowest BCUT2D eigenvalue weighted by atomic mass is 10.2. The lowest BCUT2D eigenvalue weighted by Crippen LogP contribution is -2.50. The fourth-order valence-corrected chi connectivity index (χ4v) is 3.23. The minimum Gasteiger partial charge on any atom is -0.359 e. The highest BCUT2D eigenvalue weighted by Crippen LogP contribution is 2.22. The molecular formula is C18H25N5O2. The van der Waals surface area contributed by atoms with Gasteiger partial charge < -0.3 is 15.1 Å². The Hall–Kier alpha value is -2.57. The maximum atomic E-state index is 12.7. The van der Waals surface area contributed by atoms with E-state index in [1.54, 1.807) is 11.0 Å². The average molecular weight is 343 g/mol. The van der Waals surface area contributed by atoms with Gasteiger partial charge in [-0.05, 0) is 25.5 Å². The molecule has 0 aliphatic carbocycles. The summed E-state index contributed by atoms with van der Waals surface area (Å²) < 4.78 is 1.97. The SMILES string of the molecule is CCCCN(C)c1c(C)nc2ccc(C(=O)N3CCNC(=O)C3)cn12. The highest BCUT2D eigenvalue weighted by atomic mass is 16.2. The first-order valence-electron chi connectivity index (χ1n) is 8.77. The van der Waals surface area contributed by atoms with Crippen molar-refractivity contribution >= 4 is 23.3 Å². The van der Waals surface area contributed by atoms with Crippen LogP contribution in [0.5, 0.6) is 0 Å². The molecule has 0 atom stereocenters. The average Bonchev–Trinajstić information content (AvgIpc) is 2.94. The summed E-state index contributed by atoms with van der Waals surface area (Å²) in [5.41, 5.74) is 2.34. The van der Waals surface area contributed by atoms with Crippen LogP contribution in [0.1, 0.15) is 35.8 Å². The molecule has 134 valence electrons. The van der Waals surface area contributed by atoms with Crippen LogP contribution in [0.15, 0.2) is 18.3 Å². The number of piperazine rings is 1. The minimum atomic E-state index is -0.120. The maximum Gasteiger partial charge on any atom is 0.255 e. The summed E-state index contributed by atoms with van der Waals surface area (Å²) in [6.45, 7) is 6.25. The van der Waals surface area contributed by atoms with Crippen LogP contribution in [-0.4, -0.2) is 59.3 Å². The first-order valence-corrected chi connectivity index (χ1v) is 8.77. The van der Waals surface area contributed by atoms with E-state index in [1.807, 2.05) is 23.6 Å². The van der Waals surface area contributed by atoms with Gasteiger partial charge in [0.05, 0.1) is 17.8 Å². The van der Waals surface area contributed by atoms with Crippen LogP contribution in [0.2, 0.25) is 0 Å². The molecule has 0 aromatic carbocycles. The summed E-state index contributed by atoms with van der Waals surface area (Å²) in [5.74, 6) is 0.777. The van der Waals surface area contributed by atoms with Gasteiger partial charge in [-0.3, -0.25) is 14.0 Å². The minimum absolute atomic E-state index is 0.112. The molecule has 2 amide bonds. The molecule has 25 heavy (non-hydrogen) atoms. The number of fused-ring (bicyclic) bond motifs is 1. The van der Waals surface area contributed by atoms with Crippen molar-refractivity contribution in [3.05, 3.63) is 29.6 Å². The van der Waals surface area contributed by atoms with Gasteiger partial charge in [-0.1, -0.05) is 13.3 Å². The Balaban J connectivity index is 1.93. The van der Waals surface area contributed by atoms with Crippen LogP contribution < -0.4 is 10.2 Å². The number of aromatic nitrogens is 2. The molecule has 0 spiro atoms. The van der Waals surface area contributed by atoms with Crippen LogP contribution in [0.4, 0.5) is 5.82 Å². The van der Waals surface area contributed by atoms with Gasteiger partial charge in [-0.2, -0.15) is 0 Å². The number of nitrogens with zero attached hydrogens (tertiary/aromatic N) is 4. The molecule has 0 bridgehead atoms. The van der Waals surface area contributed by atoms with Gasteiger partial charge in [0.15, 0.2) is 0 Å². The summed E-state index contributed by atoms with van der Waals surface area (Å²) in [7, 11) is 2.05. The number of imidazole rings is 1. The number of carbonyl (C=O) groups excluding carboxylic acids is 2. The molecule has 3 rings (SSSR count). The number of pyridine rings is 1. The Bertz CT molecular complexity index is 798. The van der Waals surface area contributed by atoms with Crippen LogP contribution in [0, 0.1) is 6.92 Å². The van der Waals surface area contributed by atoms with Gasteiger partial charge in [0, 0.05) is 32.9 Å². The summed E-state index contributed by atoms with van der Waals surface area (Å²) in [4.78, 5) is 32.7. The number of carbonyl (C=O) groups is 2. The van der Waals surface area contributed by atoms with Crippen molar-refractivity contribution in [2.75, 3.05) is 38.1 Å². The number of hydrogen-bond acceptors (Lipinski definition) is 4. The van der Waals surface area contributed by atoms with Gasteiger partial charge >= 0.3 is 0 Å². The number of hydrogen-bond donors (Lipinski definition) is 1. The molecule has 1 fully saturated rings. The molecule has 7 nitrogen and oxygen atoms in total. The summed E-state index contributed by atoms with van der Waals surface area (Å²) >= 11 is 0. The van der Waals surface area contributed by atoms with E-state index in [9.17, 15) is 9.59 Å². The lowest BCUT2D eigenvalue weighted by molar-refractivity contribution is -0.123. The van der Waals surface area contributed by atoms with E-state index in [2.05, 4.69) is 29.2 Å². The van der Waals surface area contributed by atoms with Crippen molar-refractivity contribution in [1.29, 1.82) is 0 Å². The molecule has 1 N–H and O–H groups in total. The van der Waals surface area contributed by atoms with E-state index < -0.39 is 0 Å². The topological polar surface area (TPSA) is 70.0 Å². The molecule has 0 unspecified atom stereocenters. The zero-order valence-electron chi connectivity index (χ0n) is 15.1. The Kier molecular flexibility index (Phi) is 4.92. The van der Waals surface area contributed by atoms with Crippen molar-refractivity contribution in [1.82, 2.24) is 19.6 Å². The highest BCUT2D eigenvalue weighted by Gasteiger charge is 2.23. The van der Waals surface area contributed by atoms with Gasteiger partial charge in [0.25, 0.3) is 5.91 Å². The smallest absolute Gasteiger partial charge is 0.255 e. The van der Waals surface area contributed by atoms with E-state index in [-0.39, 0.29) is 18.4 Å². The predicted octanol–water partition coefficient (Wildman–Crippen LogP) is 1.45. The second-order valence-electron chi connectivity index (χ2n) is 6.52. The molecule has 1 saturated heterocycles. The van der Waals surface area contributed by atoms with Crippen molar-refractivity contribution in [2.45, 2.75) is 26.7 Å². The van der Waals surface area contributed by atoms with Gasteiger partial charge in [0.1, 0.15) is 11.5 Å². The summed E-state index contributed by atoms with van der Waals surface area (Å²) in [6.07, 6.45) is 4.06. The van der Waals surface area contributed by atoms with Gasteiger partial charge in [0.2, 0.25) is 5.91 Å². The molecule has 0 saturated carbocycles. The molecule has 1 aliphatic heterocycles. The quantitative estimate of drug-likeness (QED) is 0.892. The first kappa shape index (κ1) is 17.3. The third kappa shape index (κ3) is 3.45. The standard InChI is InChI=1S/C18H25N5O2/c1-4-5-9-21(3)17-13(2)20-15-7-6-14(11-23(15)17)18(25)22-10-8-19-16(24)12-22/h6-7,11H,4-5,8-10,12H2,1-3H3,(H,19,24). The molecule has 7 heteroatoms. The third-order valence-electron chi connectivity index (χ3n) is 4.54. The zero-order valence-corrected chi connectivity index (χ0v) is 15.1. The summed E-state index contributed by atoms with van der Waals surface area (Å²) in [5, 5.41) is 2.74. The van der Waals surface area contributed by atoms with Crippen LogP contribution >= 0.6 is 0 Å². The molecule has 3 heterocycles. The van der Waals surface area contributed by atoms with Crippen molar-refractivity contribution < 1.29 is 9.59 Å². The van der Waals surface area contributed by atoms with Gasteiger partial charge in [-0.25, -0.2) is 4.98 Å². The van der Waals surface area contributed by atoms with E-state index in [1.165, 1.54) is 0 Å². The number of anilines is 1. The number of amides is 2. The fourth-order valence-electron chi connectivity index (χ4n) is 3.23. The van der Waals surface area contributed by atoms with Crippen molar-refractivity contribution in [3.63, 3.8) is 0 Å². The first-order chi connectivity index (χ1) is 12.0. The number of aryl methyl sites for hydroxylation is 1. The Morgan fingerprint density at radius 2 is 2.20 bits per heavy atom. The van der Waals surface area contributed by atoms with E-state index in [0.29, 0.717) is 18.7 Å². The van der Waals surface area contributed by atoms with Crippen molar-refractivity contribution in [2.24, 2.45) is 0 Å². The fraction of sp³-hybridized carbons (Fsp3) is 0.500. The maximum absolute atomic E-state index is 12.7. The molecule has 2 aromatic heterocycles. The number of unbranched alkanes of at least 4 members (excludes halogenated alkanes) is 1. The van der Waals surface area contributed by atoms with Crippen LogP contribution in [-0.2, 0) is 4.79 Å². The monoisotopic (exact) mass is 343 g/mol. The predicted molar refractivity (Wildman–Crippen MR) is 97.0 cm³/mol. The number of rotatable bonds is 5. The number of nitrogens with one attached hydrogen (secondary N) is 1. The second-order valence-corrected chi connectivity index (χ2v) is 6.52. The Morgan fingerprint density at radius 3 is 2.92 bits per heavy atom. The highest BCUT2D eigenvalue weighted by molar-refractivity contribution is 5.97. The normalized spacial score (nSPS) is 14.7. The van der Waals surface area contributed by atoms with E-state index in [0.717, 1.165) is 36.5 Å². The molecule has 2 aromatic rings. The third-order valence-corrected chi connectivity index (χ3v) is 4.54. The van der Waals surface area contributed by atoms with E-state index >= 15 is 0 Å². The Morgan fingerprint density at radius 1 is 1.40 bits per heavy atom. The largest absolute Gasteiger partial charge is 0.359 e. The van der Waals surface area contributed by atoms with Crippen molar-refractivity contribution in [3.8, 4) is 0 Å². The second kappa shape index (κ2) is 7.13. The van der Waals surface area contributed by atoms with Gasteiger partial charge in [-0.15, -0.1) is 0 Å². The molecule has 0 radical (unpaired) electrons. The lowest BCUT2D eigenvalue weighted by Gasteiger charge is -2.26. The van der Waals surface area contributed by atoms with E-state index in [4.69, 9.17) is 0 Å². The summed E-state index contributed by atoms with van der Waals surface area (Å²) in [6, 6.07) is 3.65. The Labute approximate surface area is 147 Å². The van der Waals surface area contributed by atoms with Crippen LogP contribution in [0.25, 0.3) is 5.65 Å².